The zero-order chi connectivity index (χ0) is 15.5. The van der Waals surface area contributed by atoms with Gasteiger partial charge in [-0.2, -0.15) is 8.78 Å². The van der Waals surface area contributed by atoms with Crippen molar-refractivity contribution < 1.29 is 21.6 Å². The highest BCUT2D eigenvalue weighted by Crippen LogP contribution is 2.26. The number of para-hydroxylation sites is 1. The van der Waals surface area contributed by atoms with E-state index in [2.05, 4.69) is 21.2 Å². The van der Waals surface area contributed by atoms with E-state index in [1.165, 1.54) is 12.1 Å². The largest absolute Gasteiger partial charge is 0.454 e. The molecule has 2 aromatic rings. The summed E-state index contributed by atoms with van der Waals surface area (Å²) in [5.41, 5.74) is 0.156. The first kappa shape index (κ1) is 16.0. The van der Waals surface area contributed by atoms with Crippen LogP contribution >= 0.6 is 15.9 Å². The minimum atomic E-state index is -4.63. The second kappa shape index (κ2) is 6.57. The summed E-state index contributed by atoms with van der Waals surface area (Å²) >= 11 is 3.17. The molecule has 1 aromatic carbocycles. The van der Waals surface area contributed by atoms with Crippen LogP contribution in [-0.2, 0) is 16.3 Å². The average molecular weight is 380 g/mol. The zero-order valence-corrected chi connectivity index (χ0v) is 13.1. The van der Waals surface area contributed by atoms with Gasteiger partial charge in [0.25, 0.3) is 0 Å². The lowest BCUT2D eigenvalue weighted by atomic mass is 10.3. The Hall–Kier alpha value is -1.41. The Morgan fingerprint density at radius 3 is 2.52 bits per heavy atom. The molecule has 0 fully saturated rings. The van der Waals surface area contributed by atoms with E-state index in [9.17, 15) is 17.2 Å². The summed E-state index contributed by atoms with van der Waals surface area (Å²) in [6.45, 7) is 0.357. The molecule has 0 spiro atoms. The van der Waals surface area contributed by atoms with Gasteiger partial charge in [0.1, 0.15) is 5.76 Å². The third-order valence-electron chi connectivity index (χ3n) is 2.74. The normalized spacial score (nSPS) is 11.8. The van der Waals surface area contributed by atoms with Crippen molar-refractivity contribution in [2.45, 2.75) is 17.1 Å². The fraction of sp³-hybridized carbons (Fsp3) is 0.231. The van der Waals surface area contributed by atoms with Crippen LogP contribution < -0.4 is 5.32 Å². The fourth-order valence-electron chi connectivity index (χ4n) is 1.76. The lowest BCUT2D eigenvalue weighted by molar-refractivity contribution is 0.235. The van der Waals surface area contributed by atoms with E-state index in [1.54, 1.807) is 18.2 Å². The molecule has 0 radical (unpaired) electrons. The molecule has 0 saturated carbocycles. The molecule has 2 rings (SSSR count). The number of benzene rings is 1. The van der Waals surface area contributed by atoms with Crippen molar-refractivity contribution in [1.29, 1.82) is 0 Å². The molecule has 4 nitrogen and oxygen atoms in total. The number of sulfone groups is 1. The fourth-order valence-corrected chi connectivity index (χ4v) is 3.01. The Kier molecular flexibility index (Phi) is 5.00. The van der Waals surface area contributed by atoms with Gasteiger partial charge >= 0.3 is 5.76 Å². The van der Waals surface area contributed by atoms with Crippen LogP contribution in [0.3, 0.4) is 0 Å². The molecule has 21 heavy (non-hydrogen) atoms. The van der Waals surface area contributed by atoms with Crippen LogP contribution in [0.5, 0.6) is 0 Å². The summed E-state index contributed by atoms with van der Waals surface area (Å²) < 4.78 is 54.3. The first-order valence-corrected chi connectivity index (χ1v) is 8.34. The predicted molar refractivity (Wildman–Crippen MR) is 78.2 cm³/mol. The highest BCUT2D eigenvalue weighted by atomic mass is 79.9. The van der Waals surface area contributed by atoms with E-state index in [0.717, 1.165) is 6.07 Å². The number of anilines is 1. The molecule has 0 saturated heterocycles. The van der Waals surface area contributed by atoms with Crippen molar-refractivity contribution in [3.63, 3.8) is 0 Å². The summed E-state index contributed by atoms with van der Waals surface area (Å²) in [5.74, 6) is -2.75. The van der Waals surface area contributed by atoms with Crippen LogP contribution in [0.15, 0.2) is 50.4 Å². The zero-order valence-electron chi connectivity index (χ0n) is 10.7. The van der Waals surface area contributed by atoms with Gasteiger partial charge in [0, 0.05) is 13.0 Å². The maximum Gasteiger partial charge on any atom is 0.341 e. The average Bonchev–Trinajstić information content (AvgIpc) is 2.85. The van der Waals surface area contributed by atoms with Gasteiger partial charge in [-0.3, -0.25) is 0 Å². The second-order valence-corrected chi connectivity index (χ2v) is 6.85. The monoisotopic (exact) mass is 379 g/mol. The van der Waals surface area contributed by atoms with E-state index < -0.39 is 20.5 Å². The molecule has 0 aliphatic heterocycles. The number of alkyl halides is 2. The smallest absolute Gasteiger partial charge is 0.341 e. The Bertz CT molecular complexity index is 716. The molecule has 1 heterocycles. The van der Waals surface area contributed by atoms with Crippen molar-refractivity contribution in [2.75, 3.05) is 11.9 Å². The Balaban J connectivity index is 2.10. The van der Waals surface area contributed by atoms with Gasteiger partial charge in [0.15, 0.2) is 4.67 Å². The lowest BCUT2D eigenvalue weighted by Gasteiger charge is -2.11. The molecule has 1 aromatic heterocycles. The number of hydrogen-bond donors (Lipinski definition) is 1. The Morgan fingerprint density at radius 2 is 1.90 bits per heavy atom. The van der Waals surface area contributed by atoms with E-state index >= 15 is 0 Å². The number of rotatable bonds is 6. The highest BCUT2D eigenvalue weighted by molar-refractivity contribution is 9.10. The molecule has 0 atom stereocenters. The molecule has 0 amide bonds. The molecule has 1 N–H and O–H groups in total. The molecule has 0 aliphatic carbocycles. The summed E-state index contributed by atoms with van der Waals surface area (Å²) in [6.07, 6.45) is 0.495. The first-order chi connectivity index (χ1) is 9.91. The summed E-state index contributed by atoms with van der Waals surface area (Å²) in [7, 11) is -4.63. The number of hydrogen-bond acceptors (Lipinski definition) is 4. The van der Waals surface area contributed by atoms with Gasteiger partial charge in [0.2, 0.25) is 9.84 Å². The van der Waals surface area contributed by atoms with E-state index in [4.69, 9.17) is 4.42 Å². The van der Waals surface area contributed by atoms with Crippen LogP contribution in [0, 0.1) is 0 Å². The van der Waals surface area contributed by atoms with Crippen LogP contribution in [0.4, 0.5) is 14.5 Å². The number of furan rings is 1. The van der Waals surface area contributed by atoms with Crippen molar-refractivity contribution in [1.82, 2.24) is 0 Å². The van der Waals surface area contributed by atoms with E-state index in [-0.39, 0.29) is 5.69 Å². The molecule has 0 unspecified atom stereocenters. The molecular weight excluding hydrogens is 368 g/mol. The van der Waals surface area contributed by atoms with E-state index in [1.807, 2.05) is 0 Å². The predicted octanol–water partition coefficient (Wildman–Crippen LogP) is 3.69. The van der Waals surface area contributed by atoms with Gasteiger partial charge in [-0.1, -0.05) is 12.1 Å². The van der Waals surface area contributed by atoms with Crippen molar-refractivity contribution in [3.8, 4) is 0 Å². The van der Waals surface area contributed by atoms with Crippen LogP contribution in [0.2, 0.25) is 0 Å². The third kappa shape index (κ3) is 3.82. The minimum Gasteiger partial charge on any atom is -0.454 e. The van der Waals surface area contributed by atoms with Gasteiger partial charge in [-0.15, -0.1) is 0 Å². The Morgan fingerprint density at radius 1 is 1.19 bits per heavy atom. The topological polar surface area (TPSA) is 59.3 Å². The standard InChI is InChI=1S/C13H12BrF2NO3S/c14-12-6-5-9(20-12)7-8-17-10-3-1-2-4-11(10)21(18,19)13(15)16/h1-6,13,17H,7-8H2. The summed E-state index contributed by atoms with van der Waals surface area (Å²) in [5, 5.41) is 2.84. The van der Waals surface area contributed by atoms with E-state index in [0.29, 0.717) is 23.4 Å². The maximum atomic E-state index is 12.6. The maximum absolute atomic E-state index is 12.6. The quantitative estimate of drug-likeness (QED) is 0.831. The van der Waals surface area contributed by atoms with Gasteiger partial charge < -0.3 is 9.73 Å². The molecule has 0 aliphatic rings. The molecule has 8 heteroatoms. The van der Waals surface area contributed by atoms with Gasteiger partial charge in [0.05, 0.1) is 10.6 Å². The lowest BCUT2D eigenvalue weighted by Crippen LogP contribution is -2.15. The molecule has 0 bridgehead atoms. The molecular formula is C13H12BrF2NO3S. The van der Waals surface area contributed by atoms with Gasteiger partial charge in [-0.25, -0.2) is 8.42 Å². The number of halogens is 3. The second-order valence-electron chi connectivity index (χ2n) is 4.18. The van der Waals surface area contributed by atoms with Gasteiger partial charge in [-0.05, 0) is 40.2 Å². The Labute approximate surface area is 129 Å². The number of nitrogens with one attached hydrogen (secondary N) is 1. The SMILES string of the molecule is O=S(=O)(c1ccccc1NCCc1ccc(Br)o1)C(F)F. The highest BCUT2D eigenvalue weighted by Gasteiger charge is 2.28. The first-order valence-electron chi connectivity index (χ1n) is 6.00. The van der Waals surface area contributed by atoms with Crippen molar-refractivity contribution in [2.24, 2.45) is 0 Å². The molecule has 114 valence electrons. The third-order valence-corrected chi connectivity index (χ3v) is 4.61. The van der Waals surface area contributed by atoms with Crippen LogP contribution in [0.1, 0.15) is 5.76 Å². The van der Waals surface area contributed by atoms with Crippen molar-refractivity contribution in [3.05, 3.63) is 46.8 Å². The van der Waals surface area contributed by atoms with Crippen LogP contribution in [0.25, 0.3) is 0 Å². The summed E-state index contributed by atoms with van der Waals surface area (Å²) in [4.78, 5) is -0.402. The summed E-state index contributed by atoms with van der Waals surface area (Å²) in [6, 6.07) is 9.11. The van der Waals surface area contributed by atoms with Crippen LogP contribution in [-0.4, -0.2) is 20.7 Å². The van der Waals surface area contributed by atoms with Crippen molar-refractivity contribution >= 4 is 31.5 Å². The minimum absolute atomic E-state index is 0.156.